The quantitative estimate of drug-likeness (QED) is 0.284. The predicted molar refractivity (Wildman–Crippen MR) is 117 cm³/mol. The molecule has 1 heterocycles. The molecule has 2 aromatic carbocycles. The molecule has 0 fully saturated rings. The van der Waals surface area contributed by atoms with Crippen molar-refractivity contribution in [3.05, 3.63) is 87.2 Å². The third-order valence-electron chi connectivity index (χ3n) is 5.02. The van der Waals surface area contributed by atoms with Gasteiger partial charge in [0.05, 0.1) is 11.1 Å². The van der Waals surface area contributed by atoms with Gasteiger partial charge in [0.15, 0.2) is 0 Å². The molecule has 186 valence electrons. The molecule has 0 saturated heterocycles. The Labute approximate surface area is 205 Å². The average Bonchev–Trinajstić information content (AvgIpc) is 2.78. The van der Waals surface area contributed by atoms with Gasteiger partial charge in [-0.25, -0.2) is 4.98 Å². The second-order valence-corrected chi connectivity index (χ2v) is 8.25. The number of pyridine rings is 1. The number of alkyl halides is 6. The molecule has 0 aliphatic rings. The highest BCUT2D eigenvalue weighted by Gasteiger charge is 2.37. The molecule has 4 nitrogen and oxygen atoms in total. The van der Waals surface area contributed by atoms with Crippen molar-refractivity contribution in [1.29, 1.82) is 0 Å². The summed E-state index contributed by atoms with van der Waals surface area (Å²) in [5.74, 6) is -0.932. The fourth-order valence-electron chi connectivity index (χ4n) is 3.37. The lowest BCUT2D eigenvalue weighted by atomic mass is 10.0. The molecule has 0 bridgehead atoms. The maximum Gasteiger partial charge on any atom is 0.416 e. The molecule has 3 aromatic rings. The van der Waals surface area contributed by atoms with E-state index in [4.69, 9.17) is 23.2 Å². The Morgan fingerprint density at radius 1 is 0.886 bits per heavy atom. The van der Waals surface area contributed by atoms with E-state index in [1.54, 1.807) is 30.3 Å². The summed E-state index contributed by atoms with van der Waals surface area (Å²) in [4.78, 5) is 17.3. The van der Waals surface area contributed by atoms with Gasteiger partial charge in [-0.15, -0.1) is 0 Å². The lowest BCUT2D eigenvalue weighted by Gasteiger charge is -2.25. The first-order valence-corrected chi connectivity index (χ1v) is 10.6. The summed E-state index contributed by atoms with van der Waals surface area (Å²) < 4.78 is 79.5. The largest absolute Gasteiger partial charge is 0.416 e. The summed E-state index contributed by atoms with van der Waals surface area (Å²) in [5.41, 5.74) is -2.04. The van der Waals surface area contributed by atoms with Crippen LogP contribution in [0.5, 0.6) is 0 Å². The van der Waals surface area contributed by atoms with Gasteiger partial charge in [0, 0.05) is 29.9 Å². The van der Waals surface area contributed by atoms with Crippen molar-refractivity contribution in [2.24, 2.45) is 0 Å². The molecule has 1 aromatic heterocycles. The molecule has 3 rings (SSSR count). The van der Waals surface area contributed by atoms with Crippen LogP contribution < -0.4 is 0 Å². The zero-order valence-electron chi connectivity index (χ0n) is 17.6. The second kappa shape index (κ2) is 10.4. The lowest BCUT2D eigenvalue weighted by molar-refractivity contribution is -0.143. The van der Waals surface area contributed by atoms with Crippen LogP contribution in [-0.4, -0.2) is 27.5 Å². The van der Waals surface area contributed by atoms with Crippen LogP contribution in [-0.2, 0) is 30.2 Å². The molecule has 0 unspecified atom stereocenters. The lowest BCUT2D eigenvalue weighted by Crippen LogP contribution is -2.33. The van der Waals surface area contributed by atoms with Gasteiger partial charge in [-0.05, 0) is 53.1 Å². The predicted octanol–water partition coefficient (Wildman–Crippen LogP) is 6.61. The van der Waals surface area contributed by atoms with Crippen molar-refractivity contribution < 1.29 is 36.2 Å². The number of benzene rings is 2. The second-order valence-electron chi connectivity index (χ2n) is 7.46. The molecule has 1 amide bonds. The summed E-state index contributed by atoms with van der Waals surface area (Å²) in [7, 11) is 0. The van der Waals surface area contributed by atoms with E-state index in [0.29, 0.717) is 28.3 Å². The van der Waals surface area contributed by atoms with E-state index in [9.17, 15) is 36.2 Å². The Balaban J connectivity index is 2.04. The smallest absolute Gasteiger partial charge is 0.387 e. The van der Waals surface area contributed by atoms with Crippen LogP contribution in [0.15, 0.2) is 54.7 Å². The first-order chi connectivity index (χ1) is 16.3. The summed E-state index contributed by atoms with van der Waals surface area (Å²) in [6, 6.07) is 9.17. The van der Waals surface area contributed by atoms with Gasteiger partial charge >= 0.3 is 12.4 Å². The van der Waals surface area contributed by atoms with E-state index in [1.165, 1.54) is 6.20 Å². The number of amides is 1. The molecule has 0 saturated carbocycles. The molecule has 0 radical (unpaired) electrons. The highest BCUT2D eigenvalue weighted by atomic mass is 35.5. The Morgan fingerprint density at radius 2 is 1.46 bits per heavy atom. The normalized spacial score (nSPS) is 12.0. The van der Waals surface area contributed by atoms with Gasteiger partial charge in [0.1, 0.15) is 11.8 Å². The Morgan fingerprint density at radius 3 is 1.97 bits per heavy atom. The van der Waals surface area contributed by atoms with Crippen LogP contribution in [0.4, 0.5) is 26.3 Å². The molecule has 0 atom stereocenters. The fourth-order valence-corrected chi connectivity index (χ4v) is 3.72. The molecule has 0 aliphatic heterocycles. The monoisotopic (exact) mass is 536 g/mol. The molecular weight excluding hydrogens is 521 g/mol. The van der Waals surface area contributed by atoms with Crippen LogP contribution in [0.25, 0.3) is 11.1 Å². The summed E-state index contributed by atoms with van der Waals surface area (Å²) in [6.07, 6.45) is -8.69. The van der Waals surface area contributed by atoms with Crippen molar-refractivity contribution in [2.75, 3.05) is 6.61 Å². The molecule has 35 heavy (non-hydrogen) atoms. The fraction of sp³-hybridized carbons (Fsp3) is 0.217. The van der Waals surface area contributed by atoms with Gasteiger partial charge in [0.2, 0.25) is 5.91 Å². The number of halogens is 8. The minimum Gasteiger partial charge on any atom is -0.387 e. The summed E-state index contributed by atoms with van der Waals surface area (Å²) >= 11 is 12.2. The maximum absolute atomic E-state index is 13.2. The highest BCUT2D eigenvalue weighted by molar-refractivity contribution is 6.31. The zero-order valence-corrected chi connectivity index (χ0v) is 19.1. The summed E-state index contributed by atoms with van der Waals surface area (Å²) in [5, 5.41) is 9.82. The minimum absolute atomic E-state index is 0.00166. The first-order valence-electron chi connectivity index (χ1n) is 9.86. The third kappa shape index (κ3) is 6.65. The van der Waals surface area contributed by atoms with Gasteiger partial charge in [0.25, 0.3) is 0 Å². The average molecular weight is 537 g/mol. The van der Waals surface area contributed by atoms with E-state index in [-0.39, 0.29) is 23.3 Å². The van der Waals surface area contributed by atoms with E-state index < -0.39 is 48.1 Å². The van der Waals surface area contributed by atoms with Gasteiger partial charge in [-0.3, -0.25) is 4.79 Å². The van der Waals surface area contributed by atoms with E-state index >= 15 is 0 Å². The van der Waals surface area contributed by atoms with Gasteiger partial charge < -0.3 is 10.0 Å². The number of nitrogens with zero attached hydrogens (tertiary/aromatic N) is 2. The zero-order chi connectivity index (χ0) is 26.0. The number of carbonyl (C=O) groups excluding carboxylic acids is 1. The van der Waals surface area contributed by atoms with Crippen molar-refractivity contribution in [2.45, 2.75) is 25.4 Å². The highest BCUT2D eigenvalue weighted by Crippen LogP contribution is 2.37. The van der Waals surface area contributed by atoms with E-state index in [0.717, 1.165) is 4.90 Å². The molecule has 12 heteroatoms. The van der Waals surface area contributed by atoms with Crippen molar-refractivity contribution in [3.63, 3.8) is 0 Å². The Kier molecular flexibility index (Phi) is 7.98. The summed E-state index contributed by atoms with van der Waals surface area (Å²) in [6.45, 7) is -2.03. The number of rotatable bonds is 6. The number of hydrogen-bond acceptors (Lipinski definition) is 3. The van der Waals surface area contributed by atoms with Crippen LogP contribution in [0, 0.1) is 0 Å². The van der Waals surface area contributed by atoms with Crippen molar-refractivity contribution >= 4 is 29.1 Å². The molecule has 1 N–H and O–H groups in total. The number of aliphatic hydroxyl groups excluding tert-OH is 1. The van der Waals surface area contributed by atoms with Gasteiger partial charge in [-0.2, -0.15) is 26.3 Å². The number of hydrogen-bond donors (Lipinski definition) is 1. The van der Waals surface area contributed by atoms with Crippen LogP contribution >= 0.6 is 23.2 Å². The SMILES string of the molecule is O=C(CO)N(Cc1cc(C(F)(F)F)cc(C(F)(F)F)c1)Cc1c(-c2ccc(Cl)cc2)ccnc1Cl. The minimum atomic E-state index is -5.05. The van der Waals surface area contributed by atoms with Crippen molar-refractivity contribution in [3.8, 4) is 11.1 Å². The van der Waals surface area contributed by atoms with Crippen LogP contribution in [0.1, 0.15) is 22.3 Å². The van der Waals surface area contributed by atoms with E-state index in [1.807, 2.05) is 0 Å². The maximum atomic E-state index is 13.2. The Hall–Kier alpha value is -2.82. The van der Waals surface area contributed by atoms with Crippen molar-refractivity contribution in [1.82, 2.24) is 9.88 Å². The van der Waals surface area contributed by atoms with Crippen LogP contribution in [0.2, 0.25) is 10.2 Å². The number of aliphatic hydroxyl groups is 1. The van der Waals surface area contributed by atoms with Gasteiger partial charge in [-0.1, -0.05) is 35.3 Å². The van der Waals surface area contributed by atoms with Crippen LogP contribution in [0.3, 0.4) is 0 Å². The topological polar surface area (TPSA) is 53.4 Å². The molecule has 0 aliphatic carbocycles. The number of aromatic nitrogens is 1. The third-order valence-corrected chi connectivity index (χ3v) is 5.59. The first kappa shape index (κ1) is 26.8. The molecule has 0 spiro atoms. The molecular formula is C23H16Cl2F6N2O2. The standard InChI is InChI=1S/C23H16Cl2F6N2O2/c24-17-3-1-14(2-4-17)18-5-6-32-21(25)19(18)11-33(20(35)12-34)10-13-7-15(22(26,27)28)9-16(8-13)23(29,30)31/h1-9,34H,10-12H2. The van der Waals surface area contributed by atoms with E-state index in [2.05, 4.69) is 4.98 Å². The number of carbonyl (C=O) groups is 1. The Bertz CT molecular complexity index is 1180.